The third-order valence-electron chi connectivity index (χ3n) is 3.37. The summed E-state index contributed by atoms with van der Waals surface area (Å²) in [6, 6.07) is 25.8. The largest absolute Gasteiger partial charge is 0.106 e. The normalized spacial score (nSPS) is 10.5. The second-order valence-electron chi connectivity index (χ2n) is 4.82. The van der Waals surface area contributed by atoms with E-state index >= 15 is 0 Å². The summed E-state index contributed by atoms with van der Waals surface area (Å²) < 4.78 is 0. The zero-order chi connectivity index (χ0) is 13.9. The summed E-state index contributed by atoms with van der Waals surface area (Å²) in [6.45, 7) is 0. The van der Waals surface area contributed by atoms with Crippen LogP contribution >= 0.6 is 18.5 Å². The van der Waals surface area contributed by atoms with Gasteiger partial charge in [0.15, 0.2) is 0 Å². The predicted molar refractivity (Wildman–Crippen MR) is 96.0 cm³/mol. The number of hydrogen-bond donors (Lipinski definition) is 0. The van der Waals surface area contributed by atoms with Gasteiger partial charge in [-0.1, -0.05) is 72.8 Å². The molecule has 0 radical (unpaired) electrons. The highest BCUT2D eigenvalue weighted by Crippen LogP contribution is 2.24. The van der Waals surface area contributed by atoms with E-state index in [0.717, 1.165) is 0 Å². The average Bonchev–Trinajstić information content (AvgIpc) is 2.49. The second kappa shape index (κ2) is 5.88. The standard InChI is InChI=1S/C18H16P2/c19-17-9-5-15(6-10-17)13-1-2-14(4-3-13)16-7-11-18(20)12-8-16/h1-12H,19-20H2. The Morgan fingerprint density at radius 2 is 0.550 bits per heavy atom. The van der Waals surface area contributed by atoms with Crippen LogP contribution in [-0.2, 0) is 0 Å². The molecule has 0 spiro atoms. The number of rotatable bonds is 2. The van der Waals surface area contributed by atoms with Crippen LogP contribution < -0.4 is 10.6 Å². The molecule has 2 atom stereocenters. The van der Waals surface area contributed by atoms with Crippen LogP contribution in [-0.4, -0.2) is 0 Å². The first-order valence-electron chi connectivity index (χ1n) is 6.54. The van der Waals surface area contributed by atoms with Gasteiger partial charge in [0.05, 0.1) is 0 Å². The van der Waals surface area contributed by atoms with Gasteiger partial charge in [0.2, 0.25) is 0 Å². The van der Waals surface area contributed by atoms with Crippen molar-refractivity contribution >= 4 is 29.1 Å². The van der Waals surface area contributed by atoms with Gasteiger partial charge in [0.25, 0.3) is 0 Å². The van der Waals surface area contributed by atoms with Crippen LogP contribution in [0.5, 0.6) is 0 Å². The van der Waals surface area contributed by atoms with Crippen LogP contribution in [0, 0.1) is 0 Å². The lowest BCUT2D eigenvalue weighted by Gasteiger charge is -2.06. The molecule has 2 heteroatoms. The molecule has 2 unspecified atom stereocenters. The summed E-state index contributed by atoms with van der Waals surface area (Å²) in [7, 11) is 5.43. The number of benzene rings is 3. The van der Waals surface area contributed by atoms with Gasteiger partial charge < -0.3 is 0 Å². The van der Waals surface area contributed by atoms with Gasteiger partial charge in [-0.3, -0.25) is 0 Å². The molecule has 0 aliphatic heterocycles. The van der Waals surface area contributed by atoms with Crippen LogP contribution in [0.15, 0.2) is 72.8 Å². The molecule has 0 aliphatic rings. The summed E-state index contributed by atoms with van der Waals surface area (Å²) in [4.78, 5) is 0. The molecule has 0 amide bonds. The van der Waals surface area contributed by atoms with Crippen LogP contribution in [0.1, 0.15) is 0 Å². The minimum atomic E-state index is 1.21. The summed E-state index contributed by atoms with van der Waals surface area (Å²) in [5, 5.41) is 2.42. The van der Waals surface area contributed by atoms with Gasteiger partial charge in [-0.2, -0.15) is 0 Å². The maximum absolute atomic E-state index is 2.71. The fraction of sp³-hybridized carbons (Fsp3) is 0. The van der Waals surface area contributed by atoms with E-state index in [1.807, 2.05) is 0 Å². The molecular formula is C18H16P2. The summed E-state index contributed by atoms with van der Waals surface area (Å²) in [6.07, 6.45) is 0. The fourth-order valence-corrected chi connectivity index (χ4v) is 2.59. The van der Waals surface area contributed by atoms with Gasteiger partial charge in [0, 0.05) is 0 Å². The molecule has 3 aromatic carbocycles. The van der Waals surface area contributed by atoms with Crippen LogP contribution in [0.3, 0.4) is 0 Å². The minimum absolute atomic E-state index is 1.21. The van der Waals surface area contributed by atoms with Gasteiger partial charge >= 0.3 is 0 Å². The first-order chi connectivity index (χ1) is 9.72. The Morgan fingerprint density at radius 3 is 0.800 bits per heavy atom. The molecule has 0 nitrogen and oxygen atoms in total. The minimum Gasteiger partial charge on any atom is -0.106 e. The van der Waals surface area contributed by atoms with Crippen molar-refractivity contribution in [1.82, 2.24) is 0 Å². The quantitative estimate of drug-likeness (QED) is 0.626. The zero-order valence-corrected chi connectivity index (χ0v) is 13.4. The van der Waals surface area contributed by atoms with E-state index in [0.29, 0.717) is 0 Å². The Balaban J connectivity index is 1.91. The molecule has 0 saturated carbocycles. The van der Waals surface area contributed by atoms with Gasteiger partial charge in [-0.05, 0) is 32.9 Å². The van der Waals surface area contributed by atoms with Crippen molar-refractivity contribution in [2.24, 2.45) is 0 Å². The predicted octanol–water partition coefficient (Wildman–Crippen LogP) is 4.02. The highest BCUT2D eigenvalue weighted by atomic mass is 31.0. The van der Waals surface area contributed by atoms with E-state index in [2.05, 4.69) is 91.3 Å². The third kappa shape index (κ3) is 2.98. The number of hydrogen-bond acceptors (Lipinski definition) is 0. The van der Waals surface area contributed by atoms with E-state index < -0.39 is 0 Å². The molecule has 0 aliphatic carbocycles. The molecule has 0 N–H and O–H groups in total. The molecule has 20 heavy (non-hydrogen) atoms. The van der Waals surface area contributed by atoms with E-state index in [-0.39, 0.29) is 0 Å². The smallest absolute Gasteiger partial charge is 0.0184 e. The molecule has 0 fully saturated rings. The Morgan fingerprint density at radius 1 is 0.350 bits per heavy atom. The molecular weight excluding hydrogens is 278 g/mol. The van der Waals surface area contributed by atoms with Crippen molar-refractivity contribution in [3.63, 3.8) is 0 Å². The summed E-state index contributed by atoms with van der Waals surface area (Å²) >= 11 is 0. The lowest BCUT2D eigenvalue weighted by molar-refractivity contribution is 1.61. The monoisotopic (exact) mass is 294 g/mol. The lowest BCUT2D eigenvalue weighted by atomic mass is 10.0. The molecule has 0 bridgehead atoms. The van der Waals surface area contributed by atoms with Crippen molar-refractivity contribution in [2.75, 3.05) is 0 Å². The topological polar surface area (TPSA) is 0 Å². The average molecular weight is 294 g/mol. The summed E-state index contributed by atoms with van der Waals surface area (Å²) in [5.41, 5.74) is 5.01. The molecule has 98 valence electrons. The van der Waals surface area contributed by atoms with Crippen molar-refractivity contribution < 1.29 is 0 Å². The van der Waals surface area contributed by atoms with Crippen LogP contribution in [0.4, 0.5) is 0 Å². The van der Waals surface area contributed by atoms with Crippen molar-refractivity contribution in [1.29, 1.82) is 0 Å². The third-order valence-corrected chi connectivity index (χ3v) is 4.14. The molecule has 3 rings (SSSR count). The Hall–Kier alpha value is -1.48. The second-order valence-corrected chi connectivity index (χ2v) is 6.15. The van der Waals surface area contributed by atoms with Crippen molar-refractivity contribution in [2.45, 2.75) is 0 Å². The van der Waals surface area contributed by atoms with E-state index in [1.54, 1.807) is 0 Å². The first kappa shape index (κ1) is 13.5. The van der Waals surface area contributed by atoms with Crippen molar-refractivity contribution in [3.8, 4) is 22.3 Å². The van der Waals surface area contributed by atoms with E-state index in [9.17, 15) is 0 Å². The van der Waals surface area contributed by atoms with Gasteiger partial charge in [-0.15, -0.1) is 18.5 Å². The molecule has 0 aromatic heterocycles. The van der Waals surface area contributed by atoms with E-state index in [4.69, 9.17) is 0 Å². The zero-order valence-electron chi connectivity index (χ0n) is 11.1. The Labute approximate surface area is 124 Å². The highest BCUT2D eigenvalue weighted by Gasteiger charge is 2.00. The molecule has 3 aromatic rings. The van der Waals surface area contributed by atoms with Gasteiger partial charge in [-0.25, -0.2) is 0 Å². The Bertz CT molecular complexity index is 631. The maximum atomic E-state index is 2.71. The van der Waals surface area contributed by atoms with Crippen LogP contribution in [0.25, 0.3) is 22.3 Å². The Kier molecular flexibility index (Phi) is 3.97. The first-order valence-corrected chi connectivity index (χ1v) is 7.70. The van der Waals surface area contributed by atoms with Crippen LogP contribution in [0.2, 0.25) is 0 Å². The SMILES string of the molecule is Pc1ccc(-c2ccc(-c3ccc(P)cc3)cc2)cc1. The van der Waals surface area contributed by atoms with E-state index in [1.165, 1.54) is 32.9 Å². The summed E-state index contributed by atoms with van der Waals surface area (Å²) in [5.74, 6) is 0. The maximum Gasteiger partial charge on any atom is -0.0184 e. The molecule has 0 saturated heterocycles. The lowest BCUT2D eigenvalue weighted by Crippen LogP contribution is -1.89. The molecule has 0 heterocycles. The highest BCUT2D eigenvalue weighted by molar-refractivity contribution is 7.27. The fourth-order valence-electron chi connectivity index (χ4n) is 2.21. The van der Waals surface area contributed by atoms with Crippen molar-refractivity contribution in [3.05, 3.63) is 72.8 Å². The van der Waals surface area contributed by atoms with Gasteiger partial charge in [0.1, 0.15) is 0 Å².